The molecule has 0 saturated heterocycles. The quantitative estimate of drug-likeness (QED) is 0.830. The summed E-state index contributed by atoms with van der Waals surface area (Å²) >= 11 is 6.20. The molecule has 2 rings (SSSR count). The van der Waals surface area contributed by atoms with Crippen LogP contribution in [0.2, 0.25) is 5.02 Å². The Balaban J connectivity index is 2.55. The summed E-state index contributed by atoms with van der Waals surface area (Å²) < 4.78 is 0. The van der Waals surface area contributed by atoms with Crippen LogP contribution < -0.4 is 5.32 Å². The lowest BCUT2D eigenvalue weighted by Gasteiger charge is -2.15. The second-order valence-electron chi connectivity index (χ2n) is 5.33. The topological polar surface area (TPSA) is 12.0 Å². The normalized spacial score (nSPS) is 10.8. The molecule has 0 bridgehead atoms. The first-order valence-electron chi connectivity index (χ1n) is 7.10. The van der Waals surface area contributed by atoms with Crippen molar-refractivity contribution < 1.29 is 0 Å². The first-order valence-corrected chi connectivity index (χ1v) is 7.48. The average Bonchev–Trinajstić information content (AvgIpc) is 2.41. The molecule has 2 aromatic carbocycles. The molecule has 2 heteroatoms. The van der Waals surface area contributed by atoms with Crippen LogP contribution in [0, 0.1) is 20.8 Å². The minimum atomic E-state index is 0.790. The van der Waals surface area contributed by atoms with Crippen molar-refractivity contribution in [1.82, 2.24) is 5.32 Å². The maximum Gasteiger partial charge on any atom is 0.0412 e. The van der Waals surface area contributed by atoms with E-state index in [1.165, 1.54) is 33.4 Å². The van der Waals surface area contributed by atoms with E-state index in [1.54, 1.807) is 0 Å². The molecule has 0 spiro atoms. The first-order chi connectivity index (χ1) is 9.52. The number of aryl methyl sites for hydroxylation is 3. The highest BCUT2D eigenvalue weighted by atomic mass is 35.5. The molecule has 2 aromatic rings. The Labute approximate surface area is 127 Å². The fraction of sp³-hybridized carbons (Fsp3) is 0.333. The van der Waals surface area contributed by atoms with Crippen molar-refractivity contribution in [2.24, 2.45) is 0 Å². The predicted molar refractivity (Wildman–Crippen MR) is 88.5 cm³/mol. The molecular formula is C18H22ClN. The molecule has 0 atom stereocenters. The van der Waals surface area contributed by atoms with Gasteiger partial charge in [-0.2, -0.15) is 0 Å². The van der Waals surface area contributed by atoms with Crippen LogP contribution in [0.1, 0.15) is 29.2 Å². The Bertz CT molecular complexity index is 617. The van der Waals surface area contributed by atoms with Crippen molar-refractivity contribution in [3.05, 3.63) is 57.6 Å². The van der Waals surface area contributed by atoms with Gasteiger partial charge in [-0.1, -0.05) is 36.7 Å². The molecule has 0 unspecified atom stereocenters. The Kier molecular flexibility index (Phi) is 4.85. The van der Waals surface area contributed by atoms with Crippen LogP contribution >= 0.6 is 11.6 Å². The van der Waals surface area contributed by atoms with Crippen LogP contribution in [0.4, 0.5) is 0 Å². The van der Waals surface area contributed by atoms with E-state index in [9.17, 15) is 0 Å². The number of benzene rings is 2. The second-order valence-corrected chi connectivity index (χ2v) is 5.77. The second kappa shape index (κ2) is 6.43. The number of nitrogens with one attached hydrogen (secondary N) is 1. The lowest BCUT2D eigenvalue weighted by Crippen LogP contribution is -2.12. The van der Waals surface area contributed by atoms with Crippen LogP contribution in [0.15, 0.2) is 30.3 Å². The van der Waals surface area contributed by atoms with E-state index in [0.29, 0.717) is 0 Å². The van der Waals surface area contributed by atoms with Crippen LogP contribution in [-0.4, -0.2) is 6.54 Å². The van der Waals surface area contributed by atoms with E-state index in [0.717, 1.165) is 18.1 Å². The van der Waals surface area contributed by atoms with Gasteiger partial charge in [0, 0.05) is 11.6 Å². The number of hydrogen-bond acceptors (Lipinski definition) is 1. The van der Waals surface area contributed by atoms with Gasteiger partial charge < -0.3 is 5.32 Å². The number of hydrogen-bond donors (Lipinski definition) is 1. The molecular weight excluding hydrogens is 266 g/mol. The number of rotatable bonds is 4. The summed E-state index contributed by atoms with van der Waals surface area (Å²) in [6, 6.07) is 10.7. The average molecular weight is 288 g/mol. The Morgan fingerprint density at radius 2 is 1.60 bits per heavy atom. The van der Waals surface area contributed by atoms with Gasteiger partial charge in [0.1, 0.15) is 0 Å². The third kappa shape index (κ3) is 3.23. The van der Waals surface area contributed by atoms with Gasteiger partial charge in [0.05, 0.1) is 0 Å². The summed E-state index contributed by atoms with van der Waals surface area (Å²) in [6.07, 6.45) is 0. The van der Waals surface area contributed by atoms with E-state index < -0.39 is 0 Å². The molecule has 0 amide bonds. The fourth-order valence-electron chi connectivity index (χ4n) is 2.46. The zero-order valence-electron chi connectivity index (χ0n) is 12.7. The molecule has 1 N–H and O–H groups in total. The van der Waals surface area contributed by atoms with Gasteiger partial charge in [-0.3, -0.25) is 0 Å². The maximum atomic E-state index is 6.20. The summed E-state index contributed by atoms with van der Waals surface area (Å²) in [7, 11) is 0. The fourth-order valence-corrected chi connectivity index (χ4v) is 2.64. The highest BCUT2D eigenvalue weighted by molar-refractivity contribution is 6.30. The summed E-state index contributed by atoms with van der Waals surface area (Å²) in [5, 5.41) is 4.19. The van der Waals surface area contributed by atoms with Gasteiger partial charge in [-0.15, -0.1) is 0 Å². The Morgan fingerprint density at radius 3 is 2.30 bits per heavy atom. The summed E-state index contributed by atoms with van der Waals surface area (Å²) in [5.74, 6) is 0. The largest absolute Gasteiger partial charge is 0.313 e. The van der Waals surface area contributed by atoms with E-state index in [-0.39, 0.29) is 0 Å². The van der Waals surface area contributed by atoms with Gasteiger partial charge in [0.2, 0.25) is 0 Å². The maximum absolute atomic E-state index is 6.20. The molecule has 0 aliphatic carbocycles. The van der Waals surface area contributed by atoms with Crippen molar-refractivity contribution in [2.75, 3.05) is 6.54 Å². The minimum absolute atomic E-state index is 0.790. The zero-order valence-corrected chi connectivity index (χ0v) is 13.4. The third-order valence-corrected chi connectivity index (χ3v) is 4.00. The zero-order chi connectivity index (χ0) is 14.7. The van der Waals surface area contributed by atoms with Gasteiger partial charge >= 0.3 is 0 Å². The SMILES string of the molecule is CCNCc1ccc(Cl)cc1-c1cc(C)c(C)cc1C. The van der Waals surface area contributed by atoms with Crippen molar-refractivity contribution >= 4 is 11.6 Å². The molecule has 0 saturated carbocycles. The lowest BCUT2D eigenvalue weighted by atomic mass is 9.92. The van der Waals surface area contributed by atoms with Crippen molar-refractivity contribution in [3.63, 3.8) is 0 Å². The lowest BCUT2D eigenvalue weighted by molar-refractivity contribution is 0.728. The standard InChI is InChI=1S/C18H22ClN/c1-5-20-11-15-6-7-16(19)10-18(15)17-9-13(3)12(2)8-14(17)4/h6-10,20H,5,11H2,1-4H3. The molecule has 20 heavy (non-hydrogen) atoms. The molecule has 0 heterocycles. The predicted octanol–water partition coefficient (Wildman–Crippen LogP) is 5.04. The molecule has 0 aromatic heterocycles. The summed E-state index contributed by atoms with van der Waals surface area (Å²) in [4.78, 5) is 0. The van der Waals surface area contributed by atoms with Crippen LogP contribution in [0.3, 0.4) is 0 Å². The van der Waals surface area contributed by atoms with Gasteiger partial charge in [-0.05, 0) is 72.8 Å². The first kappa shape index (κ1) is 15.1. The molecule has 1 nitrogen and oxygen atoms in total. The summed E-state index contributed by atoms with van der Waals surface area (Å²) in [6.45, 7) is 10.4. The van der Waals surface area contributed by atoms with E-state index in [2.05, 4.69) is 57.3 Å². The Morgan fingerprint density at radius 1 is 0.900 bits per heavy atom. The van der Waals surface area contributed by atoms with Gasteiger partial charge in [0.15, 0.2) is 0 Å². The van der Waals surface area contributed by atoms with E-state index in [1.807, 2.05) is 6.07 Å². The molecule has 0 fully saturated rings. The van der Waals surface area contributed by atoms with Crippen LogP contribution in [-0.2, 0) is 6.54 Å². The van der Waals surface area contributed by atoms with Crippen molar-refractivity contribution in [1.29, 1.82) is 0 Å². The molecule has 0 aliphatic heterocycles. The van der Waals surface area contributed by atoms with E-state index in [4.69, 9.17) is 11.6 Å². The molecule has 0 aliphatic rings. The highest BCUT2D eigenvalue weighted by Crippen LogP contribution is 2.31. The van der Waals surface area contributed by atoms with Crippen molar-refractivity contribution in [2.45, 2.75) is 34.2 Å². The van der Waals surface area contributed by atoms with Crippen LogP contribution in [0.5, 0.6) is 0 Å². The molecule has 106 valence electrons. The third-order valence-electron chi connectivity index (χ3n) is 3.77. The van der Waals surface area contributed by atoms with E-state index >= 15 is 0 Å². The van der Waals surface area contributed by atoms with Crippen LogP contribution in [0.25, 0.3) is 11.1 Å². The van der Waals surface area contributed by atoms with Gasteiger partial charge in [-0.25, -0.2) is 0 Å². The highest BCUT2D eigenvalue weighted by Gasteiger charge is 2.10. The summed E-state index contributed by atoms with van der Waals surface area (Å²) in [5.41, 5.74) is 7.76. The monoisotopic (exact) mass is 287 g/mol. The Hall–Kier alpha value is -1.31. The smallest absolute Gasteiger partial charge is 0.0412 e. The van der Waals surface area contributed by atoms with Gasteiger partial charge in [0.25, 0.3) is 0 Å². The molecule has 0 radical (unpaired) electrons. The van der Waals surface area contributed by atoms with Crippen molar-refractivity contribution in [3.8, 4) is 11.1 Å². The minimum Gasteiger partial charge on any atom is -0.313 e. The number of halogens is 1.